The van der Waals surface area contributed by atoms with E-state index in [0.717, 1.165) is 24.2 Å². The van der Waals surface area contributed by atoms with Crippen LogP contribution < -0.4 is 9.75 Å². The molecule has 0 saturated carbocycles. The summed E-state index contributed by atoms with van der Waals surface area (Å²) in [6.45, 7) is 2.44. The first-order valence-corrected chi connectivity index (χ1v) is 5.54. The lowest BCUT2D eigenvalue weighted by molar-refractivity contribution is 0.405. The highest BCUT2D eigenvalue weighted by Gasteiger charge is 2.18. The van der Waals surface area contributed by atoms with Crippen LogP contribution in [0.2, 0.25) is 0 Å². The summed E-state index contributed by atoms with van der Waals surface area (Å²) < 4.78 is 3.10. The Morgan fingerprint density at radius 2 is 2.29 bits per heavy atom. The second kappa shape index (κ2) is 3.57. The molecule has 0 amide bonds. The SMILES string of the molecule is CCn1c(=O)sc(=O)n1C1C=CCC1. The average Bonchev–Trinajstić information content (AvgIpc) is 2.72. The summed E-state index contributed by atoms with van der Waals surface area (Å²) in [7, 11) is 0. The fourth-order valence-electron chi connectivity index (χ4n) is 1.78. The van der Waals surface area contributed by atoms with E-state index in [1.54, 1.807) is 4.68 Å². The van der Waals surface area contributed by atoms with Crippen molar-refractivity contribution < 1.29 is 0 Å². The highest BCUT2D eigenvalue weighted by atomic mass is 32.1. The molecule has 76 valence electrons. The Balaban J connectivity index is 2.55. The second-order valence-electron chi connectivity index (χ2n) is 3.27. The third kappa shape index (κ3) is 1.37. The lowest BCUT2D eigenvalue weighted by atomic mass is 10.3. The summed E-state index contributed by atoms with van der Waals surface area (Å²) in [5.41, 5.74) is 0. The minimum absolute atomic E-state index is 0.0846. The zero-order valence-corrected chi connectivity index (χ0v) is 8.79. The first kappa shape index (κ1) is 9.45. The Morgan fingerprint density at radius 1 is 1.50 bits per heavy atom. The molecule has 0 radical (unpaired) electrons. The molecule has 1 aliphatic carbocycles. The largest absolute Gasteiger partial charge is 0.327 e. The van der Waals surface area contributed by atoms with Crippen molar-refractivity contribution in [3.8, 4) is 0 Å². The van der Waals surface area contributed by atoms with Crippen LogP contribution in [0, 0.1) is 0 Å². The molecule has 0 bridgehead atoms. The van der Waals surface area contributed by atoms with Crippen LogP contribution in [0.1, 0.15) is 25.8 Å². The second-order valence-corrected chi connectivity index (χ2v) is 4.17. The highest BCUT2D eigenvalue weighted by molar-refractivity contribution is 7.06. The average molecular weight is 212 g/mol. The van der Waals surface area contributed by atoms with E-state index in [4.69, 9.17) is 0 Å². The van der Waals surface area contributed by atoms with Crippen LogP contribution in [0.4, 0.5) is 0 Å². The molecule has 1 heterocycles. The molecule has 0 aliphatic heterocycles. The maximum Gasteiger partial charge on any atom is 0.327 e. The molecule has 4 nitrogen and oxygen atoms in total. The summed E-state index contributed by atoms with van der Waals surface area (Å²) in [6, 6.07) is 0.0846. The van der Waals surface area contributed by atoms with Crippen LogP contribution in [0.5, 0.6) is 0 Å². The van der Waals surface area contributed by atoms with Gasteiger partial charge in [0.2, 0.25) is 0 Å². The first-order valence-electron chi connectivity index (χ1n) is 4.73. The van der Waals surface area contributed by atoms with Gasteiger partial charge in [0.25, 0.3) is 0 Å². The van der Waals surface area contributed by atoms with E-state index in [9.17, 15) is 9.59 Å². The summed E-state index contributed by atoms with van der Waals surface area (Å²) in [5.74, 6) is 0. The molecule has 0 saturated heterocycles. The van der Waals surface area contributed by atoms with Gasteiger partial charge in [-0.3, -0.25) is 9.59 Å². The Hall–Kier alpha value is -1.10. The van der Waals surface area contributed by atoms with Gasteiger partial charge in [0.05, 0.1) is 6.04 Å². The van der Waals surface area contributed by atoms with E-state index in [2.05, 4.69) is 6.08 Å². The van der Waals surface area contributed by atoms with Gasteiger partial charge < -0.3 is 0 Å². The molecule has 0 spiro atoms. The molecule has 0 fully saturated rings. The van der Waals surface area contributed by atoms with Crippen LogP contribution >= 0.6 is 11.3 Å². The van der Waals surface area contributed by atoms with Crippen LogP contribution in [-0.2, 0) is 6.54 Å². The number of allylic oxidation sites excluding steroid dienone is 2. The Morgan fingerprint density at radius 3 is 2.86 bits per heavy atom. The van der Waals surface area contributed by atoms with Gasteiger partial charge in [-0.05, 0) is 31.1 Å². The standard InChI is InChI=1S/C9H12N2O2S/c1-2-10-8(12)14-9(13)11(10)7-5-3-4-6-7/h3,5,7H,2,4,6H2,1H3. The Bertz CT molecular complexity index is 466. The fourth-order valence-corrected chi connectivity index (χ4v) is 2.58. The topological polar surface area (TPSA) is 44.0 Å². The summed E-state index contributed by atoms with van der Waals surface area (Å²) in [5, 5.41) is 0. The molecule has 1 aromatic rings. The Labute approximate surface area is 85.1 Å². The van der Waals surface area contributed by atoms with Crippen molar-refractivity contribution in [2.75, 3.05) is 0 Å². The van der Waals surface area contributed by atoms with Crippen molar-refractivity contribution >= 4 is 11.3 Å². The molecule has 1 unspecified atom stereocenters. The predicted molar refractivity (Wildman–Crippen MR) is 55.9 cm³/mol. The van der Waals surface area contributed by atoms with Gasteiger partial charge in [0.1, 0.15) is 0 Å². The van der Waals surface area contributed by atoms with E-state index in [1.807, 2.05) is 13.0 Å². The minimum Gasteiger partial charge on any atom is -0.255 e. The zero-order chi connectivity index (χ0) is 10.1. The van der Waals surface area contributed by atoms with Gasteiger partial charge >= 0.3 is 9.75 Å². The van der Waals surface area contributed by atoms with E-state index in [1.165, 1.54) is 4.68 Å². The summed E-state index contributed by atoms with van der Waals surface area (Å²) >= 11 is 0.788. The van der Waals surface area contributed by atoms with Crippen LogP contribution in [0.15, 0.2) is 21.7 Å². The number of hydrogen-bond donors (Lipinski definition) is 0. The monoisotopic (exact) mass is 212 g/mol. The van der Waals surface area contributed by atoms with Crippen molar-refractivity contribution in [2.45, 2.75) is 32.4 Å². The van der Waals surface area contributed by atoms with Crippen molar-refractivity contribution in [1.82, 2.24) is 9.36 Å². The third-order valence-electron chi connectivity index (χ3n) is 2.43. The lowest BCUT2D eigenvalue weighted by Crippen LogP contribution is -2.28. The molecule has 1 atom stereocenters. The minimum atomic E-state index is -0.155. The number of nitrogens with zero attached hydrogens (tertiary/aromatic N) is 2. The lowest BCUT2D eigenvalue weighted by Gasteiger charge is -2.12. The van der Waals surface area contributed by atoms with Gasteiger partial charge in [-0.2, -0.15) is 0 Å². The van der Waals surface area contributed by atoms with Crippen molar-refractivity contribution in [2.24, 2.45) is 0 Å². The normalized spacial score (nSPS) is 20.5. The van der Waals surface area contributed by atoms with Crippen LogP contribution in [-0.4, -0.2) is 9.36 Å². The molecule has 1 aromatic heterocycles. The van der Waals surface area contributed by atoms with Gasteiger partial charge in [0.15, 0.2) is 0 Å². The fraction of sp³-hybridized carbons (Fsp3) is 0.556. The maximum atomic E-state index is 11.5. The first-order chi connectivity index (χ1) is 6.74. The number of rotatable bonds is 2. The smallest absolute Gasteiger partial charge is 0.255 e. The Kier molecular flexibility index (Phi) is 2.41. The molecule has 0 N–H and O–H groups in total. The summed E-state index contributed by atoms with van der Waals surface area (Å²) in [4.78, 5) is 22.6. The molecule has 0 aromatic carbocycles. The van der Waals surface area contributed by atoms with Crippen molar-refractivity contribution in [3.63, 3.8) is 0 Å². The zero-order valence-electron chi connectivity index (χ0n) is 7.97. The maximum absolute atomic E-state index is 11.5. The molecule has 2 rings (SSSR count). The van der Waals surface area contributed by atoms with Crippen molar-refractivity contribution in [3.05, 3.63) is 31.5 Å². The van der Waals surface area contributed by atoms with Gasteiger partial charge in [0, 0.05) is 6.54 Å². The van der Waals surface area contributed by atoms with Crippen LogP contribution in [0.3, 0.4) is 0 Å². The quantitative estimate of drug-likeness (QED) is 0.686. The molecule has 1 aliphatic rings. The number of aromatic nitrogens is 2. The van der Waals surface area contributed by atoms with Gasteiger partial charge in [-0.25, -0.2) is 9.36 Å². The van der Waals surface area contributed by atoms with E-state index >= 15 is 0 Å². The predicted octanol–water partition coefficient (Wildman–Crippen LogP) is 0.982. The van der Waals surface area contributed by atoms with E-state index < -0.39 is 0 Å². The molecule has 5 heteroatoms. The van der Waals surface area contributed by atoms with Gasteiger partial charge in [-0.1, -0.05) is 12.2 Å². The van der Waals surface area contributed by atoms with Crippen LogP contribution in [0.25, 0.3) is 0 Å². The number of hydrogen-bond acceptors (Lipinski definition) is 3. The molecular weight excluding hydrogens is 200 g/mol. The van der Waals surface area contributed by atoms with Gasteiger partial charge in [-0.15, -0.1) is 0 Å². The highest BCUT2D eigenvalue weighted by Crippen LogP contribution is 2.20. The third-order valence-corrected chi connectivity index (χ3v) is 3.18. The summed E-state index contributed by atoms with van der Waals surface area (Å²) in [6.07, 6.45) is 5.97. The molecule has 14 heavy (non-hydrogen) atoms. The molecular formula is C9H12N2O2S. The van der Waals surface area contributed by atoms with Crippen molar-refractivity contribution in [1.29, 1.82) is 0 Å². The van der Waals surface area contributed by atoms with E-state index in [-0.39, 0.29) is 15.8 Å². The van der Waals surface area contributed by atoms with E-state index in [0.29, 0.717) is 6.54 Å².